The van der Waals surface area contributed by atoms with E-state index in [1.165, 1.54) is 36.1 Å². The van der Waals surface area contributed by atoms with Gasteiger partial charge >= 0.3 is 0 Å². The molecule has 1 saturated heterocycles. The fourth-order valence-corrected chi connectivity index (χ4v) is 3.50. The topological polar surface area (TPSA) is 23.6 Å². The number of aryl methyl sites for hydroxylation is 1. The Morgan fingerprint density at radius 3 is 2.58 bits per heavy atom. The molecule has 1 fully saturated rings. The van der Waals surface area contributed by atoms with Crippen molar-refractivity contribution < 1.29 is 4.79 Å². The maximum Gasteiger partial charge on any atom is 0.236 e. The molecule has 2 heterocycles. The van der Waals surface area contributed by atoms with Crippen LogP contribution in [-0.4, -0.2) is 42.4 Å². The zero-order valence-corrected chi connectivity index (χ0v) is 12.8. The monoisotopic (exact) mass is 280 g/mol. The Morgan fingerprint density at radius 2 is 2.00 bits per heavy atom. The van der Waals surface area contributed by atoms with Gasteiger partial charge in [0.05, 0.1) is 6.54 Å². The number of thiophene rings is 1. The van der Waals surface area contributed by atoms with Crippen molar-refractivity contribution in [3.63, 3.8) is 0 Å². The van der Waals surface area contributed by atoms with Crippen LogP contribution in [0.4, 0.5) is 0 Å². The van der Waals surface area contributed by atoms with Crippen LogP contribution in [0.15, 0.2) is 11.4 Å². The van der Waals surface area contributed by atoms with Gasteiger partial charge in [0.1, 0.15) is 0 Å². The number of likely N-dealkylation sites (tertiary alicyclic amines) is 1. The van der Waals surface area contributed by atoms with Crippen LogP contribution in [0.25, 0.3) is 0 Å². The van der Waals surface area contributed by atoms with Gasteiger partial charge in [-0.1, -0.05) is 12.8 Å². The summed E-state index contributed by atoms with van der Waals surface area (Å²) >= 11 is 1.78. The Bertz CT molecular complexity index is 408. The summed E-state index contributed by atoms with van der Waals surface area (Å²) in [6.45, 7) is 5.45. The van der Waals surface area contributed by atoms with Crippen LogP contribution in [-0.2, 0) is 11.3 Å². The molecular weight excluding hydrogens is 256 g/mol. The average molecular weight is 280 g/mol. The summed E-state index contributed by atoms with van der Waals surface area (Å²) in [4.78, 5) is 17.8. The average Bonchev–Trinajstić information content (AvgIpc) is 2.66. The molecule has 0 N–H and O–H groups in total. The summed E-state index contributed by atoms with van der Waals surface area (Å²) in [7, 11) is 2.04. The van der Waals surface area contributed by atoms with Gasteiger partial charge in [0.2, 0.25) is 5.91 Å². The highest BCUT2D eigenvalue weighted by Crippen LogP contribution is 2.17. The van der Waals surface area contributed by atoms with Gasteiger partial charge < -0.3 is 4.90 Å². The van der Waals surface area contributed by atoms with Crippen molar-refractivity contribution in [1.29, 1.82) is 0 Å². The molecule has 1 aliphatic heterocycles. The number of hydrogen-bond acceptors (Lipinski definition) is 3. The summed E-state index contributed by atoms with van der Waals surface area (Å²) in [5, 5.41) is 2.12. The standard InChI is InChI=1S/C15H24N2OS/c1-13-7-10-19-14(13)11-16(2)12-15(18)17-8-5-3-4-6-9-17/h7,10H,3-6,8-9,11-12H2,1-2H3. The van der Waals surface area contributed by atoms with E-state index in [1.54, 1.807) is 11.3 Å². The van der Waals surface area contributed by atoms with Crippen LogP contribution in [0, 0.1) is 6.92 Å². The van der Waals surface area contributed by atoms with E-state index >= 15 is 0 Å². The molecule has 1 amide bonds. The van der Waals surface area contributed by atoms with E-state index in [0.717, 1.165) is 19.6 Å². The summed E-state index contributed by atoms with van der Waals surface area (Å²) in [5.41, 5.74) is 1.33. The minimum atomic E-state index is 0.290. The highest BCUT2D eigenvalue weighted by atomic mass is 32.1. The van der Waals surface area contributed by atoms with Gasteiger partial charge in [-0.3, -0.25) is 9.69 Å². The normalized spacial score (nSPS) is 16.7. The Kier molecular flexibility index (Phi) is 5.40. The third-order valence-electron chi connectivity index (χ3n) is 3.75. The summed E-state index contributed by atoms with van der Waals surface area (Å²) in [5.74, 6) is 0.290. The number of hydrogen-bond donors (Lipinski definition) is 0. The van der Waals surface area contributed by atoms with Crippen molar-refractivity contribution >= 4 is 17.2 Å². The summed E-state index contributed by atoms with van der Waals surface area (Å²) < 4.78 is 0. The van der Waals surface area contributed by atoms with Gasteiger partial charge in [-0.05, 0) is 43.8 Å². The van der Waals surface area contributed by atoms with E-state index in [9.17, 15) is 4.79 Å². The van der Waals surface area contributed by atoms with Gasteiger partial charge in [0.25, 0.3) is 0 Å². The predicted molar refractivity (Wildman–Crippen MR) is 80.4 cm³/mol. The highest BCUT2D eigenvalue weighted by molar-refractivity contribution is 7.10. The van der Waals surface area contributed by atoms with Gasteiger partial charge in [0, 0.05) is 24.5 Å². The first-order valence-electron chi connectivity index (χ1n) is 7.16. The van der Waals surface area contributed by atoms with Crippen molar-refractivity contribution in [2.24, 2.45) is 0 Å². The molecule has 4 heteroatoms. The molecule has 106 valence electrons. The van der Waals surface area contributed by atoms with Gasteiger partial charge in [-0.15, -0.1) is 11.3 Å². The van der Waals surface area contributed by atoms with Gasteiger partial charge in [-0.2, -0.15) is 0 Å². The number of amides is 1. The largest absolute Gasteiger partial charge is 0.342 e. The lowest BCUT2D eigenvalue weighted by molar-refractivity contribution is -0.132. The van der Waals surface area contributed by atoms with E-state index < -0.39 is 0 Å². The number of nitrogens with zero attached hydrogens (tertiary/aromatic N) is 2. The predicted octanol–water partition coefficient (Wildman–Crippen LogP) is 2.89. The lowest BCUT2D eigenvalue weighted by Crippen LogP contribution is -2.39. The van der Waals surface area contributed by atoms with Crippen LogP contribution in [0.2, 0.25) is 0 Å². The highest BCUT2D eigenvalue weighted by Gasteiger charge is 2.17. The fourth-order valence-electron chi connectivity index (χ4n) is 2.52. The number of rotatable bonds is 4. The minimum absolute atomic E-state index is 0.290. The Balaban J connectivity index is 1.82. The Morgan fingerprint density at radius 1 is 1.32 bits per heavy atom. The number of carbonyl (C=O) groups excluding carboxylic acids is 1. The Hall–Kier alpha value is -0.870. The molecule has 1 aliphatic rings. The molecule has 0 spiro atoms. The Labute approximate surface area is 120 Å². The van der Waals surface area contributed by atoms with E-state index in [0.29, 0.717) is 12.5 Å². The van der Waals surface area contributed by atoms with Crippen LogP contribution in [0.5, 0.6) is 0 Å². The molecular formula is C15H24N2OS. The number of carbonyl (C=O) groups is 1. The second-order valence-electron chi connectivity index (χ2n) is 5.49. The van der Waals surface area contributed by atoms with Crippen LogP contribution in [0.3, 0.4) is 0 Å². The maximum atomic E-state index is 12.3. The molecule has 0 aliphatic carbocycles. The van der Waals surface area contributed by atoms with Crippen molar-refractivity contribution in [2.45, 2.75) is 39.2 Å². The third kappa shape index (κ3) is 4.32. The molecule has 0 atom stereocenters. The SMILES string of the molecule is Cc1ccsc1CN(C)CC(=O)N1CCCCCC1. The molecule has 1 aromatic heterocycles. The summed E-state index contributed by atoms with van der Waals surface area (Å²) in [6, 6.07) is 2.14. The van der Waals surface area contributed by atoms with E-state index in [2.05, 4.69) is 23.3 Å². The first kappa shape index (κ1) is 14.5. The maximum absolute atomic E-state index is 12.3. The third-order valence-corrected chi connectivity index (χ3v) is 4.75. The molecule has 0 saturated carbocycles. The van der Waals surface area contributed by atoms with Crippen molar-refractivity contribution in [1.82, 2.24) is 9.80 Å². The second kappa shape index (κ2) is 7.06. The quantitative estimate of drug-likeness (QED) is 0.846. The van der Waals surface area contributed by atoms with Crippen LogP contribution in [0.1, 0.15) is 36.1 Å². The molecule has 2 rings (SSSR count). The smallest absolute Gasteiger partial charge is 0.236 e. The number of likely N-dealkylation sites (N-methyl/N-ethyl adjacent to an activating group) is 1. The molecule has 3 nitrogen and oxygen atoms in total. The van der Waals surface area contributed by atoms with Gasteiger partial charge in [0.15, 0.2) is 0 Å². The molecule has 1 aromatic rings. The van der Waals surface area contributed by atoms with E-state index in [-0.39, 0.29) is 0 Å². The van der Waals surface area contributed by atoms with Gasteiger partial charge in [-0.25, -0.2) is 0 Å². The molecule has 0 unspecified atom stereocenters. The molecule has 0 aromatic carbocycles. The minimum Gasteiger partial charge on any atom is -0.342 e. The van der Waals surface area contributed by atoms with Crippen LogP contribution < -0.4 is 0 Å². The zero-order valence-electron chi connectivity index (χ0n) is 12.0. The zero-order chi connectivity index (χ0) is 13.7. The van der Waals surface area contributed by atoms with E-state index in [4.69, 9.17) is 0 Å². The molecule has 19 heavy (non-hydrogen) atoms. The first-order valence-corrected chi connectivity index (χ1v) is 8.04. The lowest BCUT2D eigenvalue weighted by atomic mass is 10.2. The second-order valence-corrected chi connectivity index (χ2v) is 6.49. The molecule has 0 radical (unpaired) electrons. The molecule has 0 bridgehead atoms. The first-order chi connectivity index (χ1) is 9.16. The van der Waals surface area contributed by atoms with Crippen molar-refractivity contribution in [3.05, 3.63) is 21.9 Å². The lowest BCUT2D eigenvalue weighted by Gasteiger charge is -2.24. The van der Waals surface area contributed by atoms with E-state index in [1.807, 2.05) is 11.9 Å². The van der Waals surface area contributed by atoms with Crippen LogP contribution >= 0.6 is 11.3 Å². The van der Waals surface area contributed by atoms with Crippen molar-refractivity contribution in [2.75, 3.05) is 26.7 Å². The van der Waals surface area contributed by atoms with Crippen molar-refractivity contribution in [3.8, 4) is 0 Å². The summed E-state index contributed by atoms with van der Waals surface area (Å²) in [6.07, 6.45) is 4.88. The fraction of sp³-hybridized carbons (Fsp3) is 0.667.